The van der Waals surface area contributed by atoms with Crippen molar-refractivity contribution in [2.24, 2.45) is 5.10 Å². The van der Waals surface area contributed by atoms with E-state index >= 15 is 0 Å². The zero-order chi connectivity index (χ0) is 16.1. The molecule has 0 saturated heterocycles. The Hall–Kier alpha value is -2.54. The van der Waals surface area contributed by atoms with Gasteiger partial charge in [-0.15, -0.1) is 11.3 Å². The first-order valence-corrected chi connectivity index (χ1v) is 7.51. The highest BCUT2D eigenvalue weighted by molar-refractivity contribution is 7.14. The van der Waals surface area contributed by atoms with Gasteiger partial charge in [-0.3, -0.25) is 14.9 Å². The summed E-state index contributed by atoms with van der Waals surface area (Å²) in [7, 11) is 0. The molecule has 0 aliphatic heterocycles. The van der Waals surface area contributed by atoms with Crippen LogP contribution in [0.3, 0.4) is 0 Å². The van der Waals surface area contributed by atoms with Crippen LogP contribution in [-0.4, -0.2) is 16.5 Å². The number of amides is 1. The lowest BCUT2D eigenvalue weighted by atomic mass is 10.2. The Morgan fingerprint density at radius 1 is 1.36 bits per heavy atom. The van der Waals surface area contributed by atoms with Crippen molar-refractivity contribution in [1.29, 1.82) is 0 Å². The maximum Gasteiger partial charge on any atom is 0.271 e. The fourth-order valence-electron chi connectivity index (χ4n) is 1.78. The molecule has 0 bridgehead atoms. The molecule has 6 nitrogen and oxygen atoms in total. The van der Waals surface area contributed by atoms with Gasteiger partial charge in [-0.25, -0.2) is 5.43 Å². The normalized spacial score (nSPS) is 11.3. The van der Waals surface area contributed by atoms with E-state index in [1.165, 1.54) is 29.1 Å². The lowest BCUT2D eigenvalue weighted by Crippen LogP contribution is -2.19. The summed E-state index contributed by atoms with van der Waals surface area (Å²) < 4.78 is 0. The van der Waals surface area contributed by atoms with Gasteiger partial charge in [0, 0.05) is 22.6 Å². The van der Waals surface area contributed by atoms with Gasteiger partial charge in [0.15, 0.2) is 0 Å². The third-order valence-corrected chi connectivity index (χ3v) is 4.35. The van der Waals surface area contributed by atoms with Gasteiger partial charge in [0.25, 0.3) is 11.6 Å². The Morgan fingerprint density at radius 2 is 2.14 bits per heavy atom. The molecule has 1 aromatic heterocycles. The van der Waals surface area contributed by atoms with Crippen LogP contribution < -0.4 is 5.43 Å². The van der Waals surface area contributed by atoms with Crippen LogP contribution in [0.4, 0.5) is 5.69 Å². The number of hydrogen-bond acceptors (Lipinski definition) is 5. The van der Waals surface area contributed by atoms with E-state index in [-0.39, 0.29) is 11.3 Å². The summed E-state index contributed by atoms with van der Waals surface area (Å²) in [5, 5.41) is 14.8. The Morgan fingerprint density at radius 3 is 2.77 bits per heavy atom. The predicted molar refractivity (Wildman–Crippen MR) is 86.5 cm³/mol. The maximum absolute atomic E-state index is 12.0. The number of non-ortho nitro benzene ring substituents is 1. The molecule has 0 saturated carbocycles. The summed E-state index contributed by atoms with van der Waals surface area (Å²) in [6.07, 6.45) is 0.956. The van der Waals surface area contributed by atoms with Gasteiger partial charge in [0.1, 0.15) is 0 Å². The molecule has 1 amide bonds. The molecule has 0 unspecified atom stereocenters. The van der Waals surface area contributed by atoms with E-state index < -0.39 is 10.8 Å². The minimum atomic E-state index is -0.538. The van der Waals surface area contributed by atoms with E-state index in [1.54, 1.807) is 18.3 Å². The number of nitrogens with one attached hydrogen (secondary N) is 1. The molecule has 1 heterocycles. The number of hydrogen-bond donors (Lipinski definition) is 1. The van der Waals surface area contributed by atoms with Crippen molar-refractivity contribution in [2.75, 3.05) is 0 Å². The van der Waals surface area contributed by atoms with Crippen molar-refractivity contribution < 1.29 is 9.72 Å². The van der Waals surface area contributed by atoms with Crippen LogP contribution >= 0.6 is 11.3 Å². The van der Waals surface area contributed by atoms with Crippen LogP contribution in [0.25, 0.3) is 0 Å². The molecule has 0 aliphatic carbocycles. The molecule has 0 aliphatic rings. The molecular formula is C15H15N3O3S. The number of carbonyl (C=O) groups excluding carboxylic acids is 1. The Labute approximate surface area is 131 Å². The quantitative estimate of drug-likeness (QED) is 0.521. The Kier molecular flexibility index (Phi) is 5.00. The van der Waals surface area contributed by atoms with Crippen LogP contribution in [0.15, 0.2) is 41.5 Å². The van der Waals surface area contributed by atoms with E-state index in [0.717, 1.165) is 11.3 Å². The molecule has 0 radical (unpaired) electrons. The van der Waals surface area contributed by atoms with E-state index in [2.05, 4.69) is 17.5 Å². The second-order valence-electron chi connectivity index (χ2n) is 4.57. The molecule has 1 N–H and O–H groups in total. The van der Waals surface area contributed by atoms with E-state index in [9.17, 15) is 14.9 Å². The zero-order valence-electron chi connectivity index (χ0n) is 12.2. The van der Waals surface area contributed by atoms with Crippen LogP contribution in [-0.2, 0) is 6.42 Å². The smallest absolute Gasteiger partial charge is 0.267 e. The molecule has 0 atom stereocenters. The topological polar surface area (TPSA) is 84.6 Å². The van der Waals surface area contributed by atoms with Crippen LogP contribution in [0.2, 0.25) is 0 Å². The van der Waals surface area contributed by atoms with Crippen LogP contribution in [0.5, 0.6) is 0 Å². The minimum Gasteiger partial charge on any atom is -0.267 e. The average Bonchev–Trinajstić information content (AvgIpc) is 3.01. The number of hydrazone groups is 1. The van der Waals surface area contributed by atoms with Gasteiger partial charge in [-0.2, -0.15) is 5.10 Å². The number of nitro groups is 1. The fraction of sp³-hybridized carbons (Fsp3) is 0.200. The standard InChI is InChI=1S/C15H15N3O3S/c1-3-13-7-8-14(22-13)10(2)16-17-15(19)11-5-4-6-12(9-11)18(20)21/h4-9H,3H2,1-2H3,(H,17,19)/b16-10+. The number of nitrogens with zero attached hydrogens (tertiary/aromatic N) is 2. The molecule has 0 spiro atoms. The van der Waals surface area contributed by atoms with E-state index in [0.29, 0.717) is 5.71 Å². The summed E-state index contributed by atoms with van der Waals surface area (Å²) in [6, 6.07) is 9.52. The lowest BCUT2D eigenvalue weighted by Gasteiger charge is -2.01. The number of carbonyl (C=O) groups is 1. The van der Waals surface area contributed by atoms with E-state index in [1.807, 2.05) is 12.1 Å². The molecule has 2 rings (SSSR count). The molecular weight excluding hydrogens is 302 g/mol. The Balaban J connectivity index is 2.10. The third-order valence-electron chi connectivity index (χ3n) is 3.01. The molecule has 1 aromatic carbocycles. The summed E-state index contributed by atoms with van der Waals surface area (Å²) in [5.41, 5.74) is 3.20. The first-order valence-electron chi connectivity index (χ1n) is 6.69. The highest BCUT2D eigenvalue weighted by Crippen LogP contribution is 2.17. The summed E-state index contributed by atoms with van der Waals surface area (Å²) in [5.74, 6) is -0.477. The number of aryl methyl sites for hydroxylation is 1. The van der Waals surface area contributed by atoms with Gasteiger partial charge < -0.3 is 0 Å². The largest absolute Gasteiger partial charge is 0.271 e. The average molecular weight is 317 g/mol. The summed E-state index contributed by atoms with van der Waals surface area (Å²) >= 11 is 1.62. The Bertz CT molecular complexity index is 737. The number of nitro benzene ring substituents is 1. The number of rotatable bonds is 5. The monoisotopic (exact) mass is 317 g/mol. The van der Waals surface area contributed by atoms with Crippen LogP contribution in [0.1, 0.15) is 34.0 Å². The van der Waals surface area contributed by atoms with Gasteiger partial charge in [0.05, 0.1) is 15.5 Å². The van der Waals surface area contributed by atoms with Crippen molar-refractivity contribution >= 4 is 28.6 Å². The van der Waals surface area contributed by atoms with Gasteiger partial charge in [0.2, 0.25) is 0 Å². The lowest BCUT2D eigenvalue weighted by molar-refractivity contribution is -0.384. The molecule has 7 heteroatoms. The van der Waals surface area contributed by atoms with Gasteiger partial charge >= 0.3 is 0 Å². The summed E-state index contributed by atoms with van der Waals surface area (Å²) in [4.78, 5) is 24.4. The fourth-order valence-corrected chi connectivity index (χ4v) is 2.67. The third kappa shape index (κ3) is 3.76. The SMILES string of the molecule is CCc1ccc(/C(C)=N/NC(=O)c2cccc([N+](=O)[O-])c2)s1. The second kappa shape index (κ2) is 6.95. The zero-order valence-corrected chi connectivity index (χ0v) is 13.0. The van der Waals surface area contributed by atoms with Gasteiger partial charge in [-0.1, -0.05) is 13.0 Å². The first-order chi connectivity index (χ1) is 10.5. The highest BCUT2D eigenvalue weighted by atomic mass is 32.1. The van der Waals surface area contributed by atoms with Crippen molar-refractivity contribution in [3.05, 3.63) is 61.8 Å². The molecule has 2 aromatic rings. The van der Waals surface area contributed by atoms with Crippen molar-refractivity contribution in [3.63, 3.8) is 0 Å². The first kappa shape index (κ1) is 15.8. The van der Waals surface area contributed by atoms with Gasteiger partial charge in [-0.05, 0) is 31.5 Å². The van der Waals surface area contributed by atoms with Crippen LogP contribution in [0, 0.1) is 10.1 Å². The summed E-state index contributed by atoms with van der Waals surface area (Å²) in [6.45, 7) is 3.88. The molecule has 114 valence electrons. The predicted octanol–water partition coefficient (Wildman–Crippen LogP) is 3.37. The van der Waals surface area contributed by atoms with E-state index in [4.69, 9.17) is 0 Å². The van der Waals surface area contributed by atoms with Crippen molar-refractivity contribution in [2.45, 2.75) is 20.3 Å². The van der Waals surface area contributed by atoms with Crippen molar-refractivity contribution in [3.8, 4) is 0 Å². The minimum absolute atomic E-state index is 0.126. The van der Waals surface area contributed by atoms with Crippen molar-refractivity contribution in [1.82, 2.24) is 5.43 Å². The number of thiophene rings is 1. The highest BCUT2D eigenvalue weighted by Gasteiger charge is 2.11. The second-order valence-corrected chi connectivity index (χ2v) is 5.73. The molecule has 0 fully saturated rings. The number of benzene rings is 1. The maximum atomic E-state index is 12.0. The molecule has 22 heavy (non-hydrogen) atoms.